The molecule has 7 nitrogen and oxygen atoms in total. The second kappa shape index (κ2) is 10.2. The molecule has 3 rings (SSSR count). The Hall–Kier alpha value is -3.58. The zero-order valence-electron chi connectivity index (χ0n) is 18.5. The minimum absolute atomic E-state index is 0.122. The molecule has 3 N–H and O–H groups in total. The molecule has 0 aliphatic carbocycles. The van der Waals surface area contributed by atoms with Gasteiger partial charge < -0.3 is 34.3 Å². The van der Waals surface area contributed by atoms with Crippen molar-refractivity contribution >= 4 is 0 Å². The third-order valence-electron chi connectivity index (χ3n) is 5.29. The van der Waals surface area contributed by atoms with Gasteiger partial charge >= 0.3 is 0 Å². The van der Waals surface area contributed by atoms with E-state index in [4.69, 9.17) is 18.9 Å². The van der Waals surface area contributed by atoms with Crippen LogP contribution in [-0.2, 0) is 0 Å². The maximum absolute atomic E-state index is 10.6. The summed E-state index contributed by atoms with van der Waals surface area (Å²) in [5, 5.41) is 31.6. The highest BCUT2D eigenvalue weighted by Crippen LogP contribution is 2.43. The largest absolute Gasteiger partial charge is 0.508 e. The Morgan fingerprint density at radius 1 is 0.750 bits per heavy atom. The Morgan fingerprint density at radius 3 is 1.94 bits per heavy atom. The molecule has 0 aliphatic rings. The van der Waals surface area contributed by atoms with Gasteiger partial charge in [0.2, 0.25) is 0 Å². The van der Waals surface area contributed by atoms with Gasteiger partial charge in [-0.1, -0.05) is 18.2 Å². The van der Waals surface area contributed by atoms with Crippen LogP contribution in [-0.4, -0.2) is 49.4 Å². The SMILES string of the molecule is COc1ccc(C(c2c(O)cccc2O)C(CO)Oc2ccc(C)cc2OC)cc1OC. The highest BCUT2D eigenvalue weighted by Gasteiger charge is 2.32. The monoisotopic (exact) mass is 440 g/mol. The van der Waals surface area contributed by atoms with Crippen molar-refractivity contribution < 1.29 is 34.3 Å². The van der Waals surface area contributed by atoms with E-state index in [0.717, 1.165) is 5.56 Å². The van der Waals surface area contributed by atoms with Crippen molar-refractivity contribution in [2.45, 2.75) is 18.9 Å². The Bertz CT molecular complexity index is 1040. The Morgan fingerprint density at radius 2 is 1.34 bits per heavy atom. The molecule has 0 fully saturated rings. The first-order valence-corrected chi connectivity index (χ1v) is 10.1. The molecule has 0 amide bonds. The summed E-state index contributed by atoms with van der Waals surface area (Å²) in [5.41, 5.74) is 1.86. The fourth-order valence-electron chi connectivity index (χ4n) is 3.72. The lowest BCUT2D eigenvalue weighted by atomic mass is 9.85. The number of aryl methyl sites for hydroxylation is 1. The fraction of sp³-hybridized carbons (Fsp3) is 0.280. The van der Waals surface area contributed by atoms with Gasteiger partial charge in [-0.2, -0.15) is 0 Å². The third-order valence-corrected chi connectivity index (χ3v) is 5.29. The van der Waals surface area contributed by atoms with Gasteiger partial charge in [0.25, 0.3) is 0 Å². The Labute approximate surface area is 187 Å². The topological polar surface area (TPSA) is 97.6 Å². The predicted octanol–water partition coefficient (Wildman–Crippen LogP) is 4.00. The summed E-state index contributed by atoms with van der Waals surface area (Å²) >= 11 is 0. The van der Waals surface area contributed by atoms with Gasteiger partial charge in [0.15, 0.2) is 23.0 Å². The summed E-state index contributed by atoms with van der Waals surface area (Å²) in [5.74, 6) is 0.943. The average Bonchev–Trinajstić information content (AvgIpc) is 2.80. The van der Waals surface area contributed by atoms with E-state index in [9.17, 15) is 15.3 Å². The van der Waals surface area contributed by atoms with Crippen molar-refractivity contribution in [3.63, 3.8) is 0 Å². The van der Waals surface area contributed by atoms with Crippen molar-refractivity contribution in [3.05, 3.63) is 71.3 Å². The molecule has 170 valence electrons. The molecule has 0 radical (unpaired) electrons. The third kappa shape index (κ3) is 4.68. The van der Waals surface area contributed by atoms with Crippen molar-refractivity contribution in [3.8, 4) is 34.5 Å². The number of aliphatic hydroxyl groups is 1. The molecule has 2 atom stereocenters. The molecule has 3 aromatic rings. The second-order valence-corrected chi connectivity index (χ2v) is 7.30. The van der Waals surface area contributed by atoms with E-state index in [2.05, 4.69) is 0 Å². The number of rotatable bonds is 9. The van der Waals surface area contributed by atoms with Crippen LogP contribution in [0.3, 0.4) is 0 Å². The molecule has 0 saturated carbocycles. The molecule has 7 heteroatoms. The molecule has 0 heterocycles. The number of phenols is 2. The lowest BCUT2D eigenvalue weighted by molar-refractivity contribution is 0.0982. The van der Waals surface area contributed by atoms with Gasteiger partial charge in [-0.25, -0.2) is 0 Å². The van der Waals surface area contributed by atoms with Gasteiger partial charge in [0, 0.05) is 5.56 Å². The van der Waals surface area contributed by atoms with Crippen molar-refractivity contribution in [1.82, 2.24) is 0 Å². The highest BCUT2D eigenvalue weighted by molar-refractivity contribution is 5.54. The smallest absolute Gasteiger partial charge is 0.161 e. The molecule has 0 aromatic heterocycles. The van der Waals surface area contributed by atoms with E-state index >= 15 is 0 Å². The number of hydrogen-bond donors (Lipinski definition) is 3. The number of benzene rings is 3. The molecular formula is C25H28O7. The molecule has 3 aromatic carbocycles. The maximum atomic E-state index is 10.6. The number of phenolic OH excluding ortho intramolecular Hbond substituents is 2. The van der Waals surface area contributed by atoms with Gasteiger partial charge in [0.05, 0.1) is 33.9 Å². The molecular weight excluding hydrogens is 412 g/mol. The summed E-state index contributed by atoms with van der Waals surface area (Å²) in [4.78, 5) is 0. The molecule has 32 heavy (non-hydrogen) atoms. The minimum atomic E-state index is -0.871. The minimum Gasteiger partial charge on any atom is -0.508 e. The van der Waals surface area contributed by atoms with Gasteiger partial charge in [-0.05, 0) is 54.4 Å². The van der Waals surface area contributed by atoms with E-state index < -0.39 is 18.6 Å². The van der Waals surface area contributed by atoms with Gasteiger partial charge in [0.1, 0.15) is 17.6 Å². The Kier molecular flexibility index (Phi) is 7.33. The summed E-state index contributed by atoms with van der Waals surface area (Å²) in [6.45, 7) is 1.53. The normalized spacial score (nSPS) is 12.7. The number of methoxy groups -OCH3 is 3. The van der Waals surface area contributed by atoms with Crippen LogP contribution in [0, 0.1) is 6.92 Å². The maximum Gasteiger partial charge on any atom is 0.161 e. The average molecular weight is 440 g/mol. The van der Waals surface area contributed by atoms with Crippen LogP contribution in [0.4, 0.5) is 0 Å². The van der Waals surface area contributed by atoms with E-state index in [0.29, 0.717) is 28.6 Å². The quantitative estimate of drug-likeness (QED) is 0.463. The van der Waals surface area contributed by atoms with Crippen molar-refractivity contribution in [2.24, 2.45) is 0 Å². The number of aliphatic hydroxyl groups excluding tert-OH is 1. The van der Waals surface area contributed by atoms with Crippen LogP contribution in [0.15, 0.2) is 54.6 Å². The van der Waals surface area contributed by atoms with E-state index in [1.807, 2.05) is 19.1 Å². The summed E-state index contributed by atoms with van der Waals surface area (Å²) in [7, 11) is 4.59. The van der Waals surface area contributed by atoms with Gasteiger partial charge in [-0.3, -0.25) is 0 Å². The summed E-state index contributed by atoms with van der Waals surface area (Å²) in [6.07, 6.45) is -0.871. The van der Waals surface area contributed by atoms with E-state index in [1.165, 1.54) is 39.5 Å². The predicted molar refractivity (Wildman–Crippen MR) is 120 cm³/mol. The van der Waals surface area contributed by atoms with Crippen LogP contribution in [0.2, 0.25) is 0 Å². The van der Waals surface area contributed by atoms with Crippen LogP contribution in [0.5, 0.6) is 34.5 Å². The molecule has 0 bridgehead atoms. The zero-order valence-corrected chi connectivity index (χ0v) is 18.5. The molecule has 0 saturated heterocycles. The number of hydrogen-bond acceptors (Lipinski definition) is 7. The molecule has 0 spiro atoms. The Balaban J connectivity index is 2.15. The lowest BCUT2D eigenvalue weighted by Crippen LogP contribution is -2.30. The van der Waals surface area contributed by atoms with Crippen LogP contribution >= 0.6 is 0 Å². The van der Waals surface area contributed by atoms with Crippen molar-refractivity contribution in [1.29, 1.82) is 0 Å². The first-order chi connectivity index (χ1) is 15.4. The first-order valence-electron chi connectivity index (χ1n) is 10.1. The van der Waals surface area contributed by atoms with E-state index in [1.54, 1.807) is 24.3 Å². The van der Waals surface area contributed by atoms with Crippen LogP contribution in [0.25, 0.3) is 0 Å². The highest BCUT2D eigenvalue weighted by atomic mass is 16.5. The summed E-state index contributed by atoms with van der Waals surface area (Å²) in [6, 6.07) is 15.2. The molecule has 2 unspecified atom stereocenters. The molecule has 0 aliphatic heterocycles. The van der Waals surface area contributed by atoms with E-state index in [-0.39, 0.29) is 17.1 Å². The lowest BCUT2D eigenvalue weighted by Gasteiger charge is -2.29. The fourth-order valence-corrected chi connectivity index (χ4v) is 3.72. The number of aromatic hydroxyl groups is 2. The first kappa shape index (κ1) is 23.1. The van der Waals surface area contributed by atoms with Crippen LogP contribution in [0.1, 0.15) is 22.6 Å². The van der Waals surface area contributed by atoms with Crippen molar-refractivity contribution in [2.75, 3.05) is 27.9 Å². The zero-order chi connectivity index (χ0) is 23.3. The number of ether oxygens (including phenoxy) is 4. The summed E-state index contributed by atoms with van der Waals surface area (Å²) < 4.78 is 22.4. The van der Waals surface area contributed by atoms with Crippen LogP contribution < -0.4 is 18.9 Å². The van der Waals surface area contributed by atoms with Gasteiger partial charge in [-0.15, -0.1) is 0 Å². The standard InChI is InChI=1S/C25H28O7/c1-15-8-10-20(21(12-15)30-3)32-23(14-26)24(25-17(27)6-5-7-18(25)28)16-9-11-19(29-2)22(13-16)31-4/h5-13,23-24,26-28H,14H2,1-4H3. The second-order valence-electron chi connectivity index (χ2n) is 7.30.